The zero-order valence-electron chi connectivity index (χ0n) is 8.53. The highest BCUT2D eigenvalue weighted by atomic mass is 32.2. The molecule has 0 aliphatic rings. The highest BCUT2D eigenvalue weighted by Crippen LogP contribution is 2.30. The summed E-state index contributed by atoms with van der Waals surface area (Å²) in [5.41, 5.74) is -0.0415. The van der Waals surface area contributed by atoms with E-state index in [1.807, 2.05) is 0 Å². The van der Waals surface area contributed by atoms with E-state index in [1.165, 1.54) is 24.2 Å². The van der Waals surface area contributed by atoms with Gasteiger partial charge in [0.2, 0.25) is 5.16 Å². The first-order valence-electron chi connectivity index (χ1n) is 4.70. The minimum atomic E-state index is -4.30. The van der Waals surface area contributed by atoms with Crippen LogP contribution in [-0.4, -0.2) is 15.2 Å². The first kappa shape index (κ1) is 12.0. The van der Waals surface area contributed by atoms with Crippen molar-refractivity contribution in [3.8, 4) is 0 Å². The fourth-order valence-electron chi connectivity index (χ4n) is 1.25. The third-order valence-electron chi connectivity index (χ3n) is 2.02. The molecule has 1 heterocycles. The van der Waals surface area contributed by atoms with Crippen LogP contribution < -0.4 is 0 Å². The first-order chi connectivity index (χ1) is 8.05. The van der Waals surface area contributed by atoms with Crippen LogP contribution in [0.15, 0.2) is 35.7 Å². The minimum absolute atomic E-state index is 0.405. The second-order valence-corrected chi connectivity index (χ2v) is 4.21. The molecule has 0 radical (unpaired) electrons. The number of aromatic amines is 1. The number of rotatable bonds is 3. The molecule has 17 heavy (non-hydrogen) atoms. The highest BCUT2D eigenvalue weighted by Gasteiger charge is 2.30. The average molecular weight is 259 g/mol. The van der Waals surface area contributed by atoms with Gasteiger partial charge in [0.25, 0.3) is 0 Å². The van der Waals surface area contributed by atoms with Gasteiger partial charge in [-0.1, -0.05) is 30.0 Å². The lowest BCUT2D eigenvalue weighted by Gasteiger charge is -2.07. The van der Waals surface area contributed by atoms with Crippen molar-refractivity contribution in [2.24, 2.45) is 0 Å². The van der Waals surface area contributed by atoms with Crippen molar-refractivity contribution in [1.82, 2.24) is 15.2 Å². The van der Waals surface area contributed by atoms with Gasteiger partial charge in [-0.25, -0.2) is 4.98 Å². The lowest BCUT2D eigenvalue weighted by Crippen LogP contribution is -2.04. The third-order valence-corrected chi connectivity index (χ3v) is 2.95. The molecule has 1 aromatic carbocycles. The number of halogens is 3. The number of benzene rings is 1. The SMILES string of the molecule is FC(F)(F)c1cccc(CSc2nc[nH]n2)c1. The van der Waals surface area contributed by atoms with Gasteiger partial charge >= 0.3 is 6.18 Å². The number of nitrogens with one attached hydrogen (secondary N) is 1. The maximum atomic E-state index is 12.4. The molecule has 0 aliphatic heterocycles. The van der Waals surface area contributed by atoms with E-state index >= 15 is 0 Å². The van der Waals surface area contributed by atoms with Crippen LogP contribution in [0.4, 0.5) is 13.2 Å². The molecular formula is C10H8F3N3S. The predicted molar refractivity (Wildman–Crippen MR) is 57.4 cm³/mol. The Hall–Kier alpha value is -1.50. The molecule has 0 amide bonds. The summed E-state index contributed by atoms with van der Waals surface area (Å²) < 4.78 is 37.3. The summed E-state index contributed by atoms with van der Waals surface area (Å²) in [7, 11) is 0. The van der Waals surface area contributed by atoms with Crippen molar-refractivity contribution in [1.29, 1.82) is 0 Å². The smallest absolute Gasteiger partial charge is 0.265 e. The van der Waals surface area contributed by atoms with Crippen LogP contribution in [0, 0.1) is 0 Å². The van der Waals surface area contributed by atoms with E-state index in [9.17, 15) is 13.2 Å². The van der Waals surface area contributed by atoms with Crippen molar-refractivity contribution in [3.63, 3.8) is 0 Å². The van der Waals surface area contributed by atoms with Gasteiger partial charge < -0.3 is 0 Å². The molecule has 1 aromatic heterocycles. The summed E-state index contributed by atoms with van der Waals surface area (Å²) in [6, 6.07) is 5.24. The summed E-state index contributed by atoms with van der Waals surface area (Å²) in [5, 5.41) is 6.86. The van der Waals surface area contributed by atoms with Crippen LogP contribution >= 0.6 is 11.8 Å². The number of H-pyrrole nitrogens is 1. The van der Waals surface area contributed by atoms with E-state index in [-0.39, 0.29) is 0 Å². The molecule has 2 aromatic rings. The Morgan fingerprint density at radius 3 is 2.76 bits per heavy atom. The fourth-order valence-corrected chi connectivity index (χ4v) is 1.97. The van der Waals surface area contributed by atoms with E-state index < -0.39 is 11.7 Å². The molecule has 0 atom stereocenters. The highest BCUT2D eigenvalue weighted by molar-refractivity contribution is 7.98. The van der Waals surface area contributed by atoms with Gasteiger partial charge in [-0.3, -0.25) is 5.10 Å². The lowest BCUT2D eigenvalue weighted by molar-refractivity contribution is -0.137. The molecule has 90 valence electrons. The molecule has 0 fully saturated rings. The standard InChI is InChI=1S/C10H8F3N3S/c11-10(12,13)8-3-1-2-7(4-8)5-17-9-14-6-15-16-9/h1-4,6H,5H2,(H,14,15,16). The number of hydrogen-bond acceptors (Lipinski definition) is 3. The maximum Gasteiger partial charge on any atom is 0.416 e. The van der Waals surface area contributed by atoms with Crippen LogP contribution in [0.5, 0.6) is 0 Å². The normalized spacial score (nSPS) is 11.7. The largest absolute Gasteiger partial charge is 0.416 e. The van der Waals surface area contributed by atoms with Crippen molar-refractivity contribution < 1.29 is 13.2 Å². The molecule has 0 bridgehead atoms. The molecule has 2 rings (SSSR count). The summed E-state index contributed by atoms with van der Waals surface area (Å²) >= 11 is 1.28. The molecule has 0 spiro atoms. The van der Waals surface area contributed by atoms with Gasteiger partial charge in [0, 0.05) is 5.75 Å². The van der Waals surface area contributed by atoms with Gasteiger partial charge in [-0.15, -0.1) is 5.10 Å². The van der Waals surface area contributed by atoms with E-state index in [0.717, 1.165) is 12.1 Å². The Labute approximate surface area is 99.5 Å². The molecule has 0 aliphatic carbocycles. The van der Waals surface area contributed by atoms with E-state index in [4.69, 9.17) is 0 Å². The Kier molecular flexibility index (Phi) is 3.37. The Bertz CT molecular complexity index is 482. The van der Waals surface area contributed by atoms with Crippen LogP contribution in [0.25, 0.3) is 0 Å². The van der Waals surface area contributed by atoms with Crippen molar-refractivity contribution >= 4 is 11.8 Å². The van der Waals surface area contributed by atoms with E-state index in [0.29, 0.717) is 16.5 Å². The number of thioether (sulfide) groups is 1. The molecule has 0 saturated carbocycles. The number of alkyl halides is 3. The second-order valence-electron chi connectivity index (χ2n) is 3.27. The summed E-state index contributed by atoms with van der Waals surface area (Å²) in [6.07, 6.45) is -2.88. The monoisotopic (exact) mass is 259 g/mol. The van der Waals surface area contributed by atoms with Crippen LogP contribution in [0.2, 0.25) is 0 Å². The Morgan fingerprint density at radius 2 is 2.12 bits per heavy atom. The van der Waals surface area contributed by atoms with Gasteiger partial charge in [-0.05, 0) is 11.6 Å². The maximum absolute atomic E-state index is 12.4. The molecule has 1 N–H and O–H groups in total. The zero-order valence-corrected chi connectivity index (χ0v) is 9.35. The zero-order chi connectivity index (χ0) is 12.3. The number of aromatic nitrogens is 3. The Balaban J connectivity index is 2.07. The molecule has 0 saturated heterocycles. The van der Waals surface area contributed by atoms with Crippen LogP contribution in [-0.2, 0) is 11.9 Å². The van der Waals surface area contributed by atoms with Gasteiger partial charge in [0.15, 0.2) is 0 Å². The fraction of sp³-hybridized carbons (Fsp3) is 0.200. The van der Waals surface area contributed by atoms with E-state index in [2.05, 4.69) is 15.2 Å². The first-order valence-corrected chi connectivity index (χ1v) is 5.69. The quantitative estimate of drug-likeness (QED) is 0.861. The van der Waals surface area contributed by atoms with Gasteiger partial charge in [-0.2, -0.15) is 13.2 Å². The van der Waals surface area contributed by atoms with Crippen LogP contribution in [0.1, 0.15) is 11.1 Å². The third kappa shape index (κ3) is 3.23. The molecule has 3 nitrogen and oxygen atoms in total. The van der Waals surface area contributed by atoms with E-state index in [1.54, 1.807) is 6.07 Å². The molecule has 7 heteroatoms. The summed E-state index contributed by atoms with van der Waals surface area (Å²) in [6.45, 7) is 0. The second kappa shape index (κ2) is 4.79. The number of hydrogen-bond donors (Lipinski definition) is 1. The Morgan fingerprint density at radius 1 is 1.29 bits per heavy atom. The van der Waals surface area contributed by atoms with Crippen LogP contribution in [0.3, 0.4) is 0 Å². The van der Waals surface area contributed by atoms with Gasteiger partial charge in [0.05, 0.1) is 5.56 Å². The number of nitrogens with zero attached hydrogens (tertiary/aromatic N) is 2. The average Bonchev–Trinajstić information content (AvgIpc) is 2.78. The van der Waals surface area contributed by atoms with Crippen molar-refractivity contribution in [3.05, 3.63) is 41.7 Å². The van der Waals surface area contributed by atoms with Crippen molar-refractivity contribution in [2.75, 3.05) is 0 Å². The molecule has 0 unspecified atom stereocenters. The molecular weight excluding hydrogens is 251 g/mol. The lowest BCUT2D eigenvalue weighted by atomic mass is 10.1. The van der Waals surface area contributed by atoms with Crippen molar-refractivity contribution in [2.45, 2.75) is 17.1 Å². The summed E-state index contributed by atoms with van der Waals surface area (Å²) in [4.78, 5) is 3.88. The van der Waals surface area contributed by atoms with Gasteiger partial charge in [0.1, 0.15) is 6.33 Å². The summed E-state index contributed by atoms with van der Waals surface area (Å²) in [5.74, 6) is 0.405. The topological polar surface area (TPSA) is 41.6 Å². The minimum Gasteiger partial charge on any atom is -0.265 e. The predicted octanol–water partition coefficient (Wildman–Crippen LogP) is 3.12.